The third kappa shape index (κ3) is 4.32. The second-order valence-electron chi connectivity index (χ2n) is 2.18. The van der Waals surface area contributed by atoms with Crippen molar-refractivity contribution in [2.75, 3.05) is 6.61 Å². The molecule has 0 aromatic heterocycles. The Morgan fingerprint density at radius 3 is 2.60 bits per heavy atom. The van der Waals surface area contributed by atoms with Crippen molar-refractivity contribution in [3.63, 3.8) is 0 Å². The molecule has 0 bridgehead atoms. The van der Waals surface area contributed by atoms with E-state index >= 15 is 0 Å². The van der Waals surface area contributed by atoms with Crippen molar-refractivity contribution in [2.24, 2.45) is 5.73 Å². The average Bonchev–Trinajstić information content (AvgIpc) is 1.88. The Labute approximate surface area is 61.5 Å². The minimum absolute atomic E-state index is 0.0425. The van der Waals surface area contributed by atoms with Gasteiger partial charge in [-0.1, -0.05) is 6.92 Å². The Balaban J connectivity index is 3.37. The highest BCUT2D eigenvalue weighted by Crippen LogP contribution is 1.95. The monoisotopic (exact) mass is 145 g/mol. The van der Waals surface area contributed by atoms with E-state index in [1.807, 2.05) is 6.92 Å². The quantitative estimate of drug-likeness (QED) is 0.592. The van der Waals surface area contributed by atoms with Crippen LogP contribution in [0.25, 0.3) is 0 Å². The Hall–Kier alpha value is -0.570. The molecule has 10 heavy (non-hydrogen) atoms. The molecule has 0 aliphatic rings. The highest BCUT2D eigenvalue weighted by molar-refractivity contribution is 5.69. The molecule has 0 aliphatic carbocycles. The summed E-state index contributed by atoms with van der Waals surface area (Å²) in [6.45, 7) is 4.18. The van der Waals surface area contributed by atoms with Gasteiger partial charge in [0.25, 0.3) is 0 Å². The standard InChI is InChI=1S/C7H15NO2/c1-3-6(8)5-7(9)10-4-2/h6H,3-5,8H2,1-2H3/t6-/m0/s1. The molecule has 0 aromatic carbocycles. The van der Waals surface area contributed by atoms with Crippen LogP contribution in [-0.4, -0.2) is 18.6 Å². The van der Waals surface area contributed by atoms with Crippen LogP contribution in [0.4, 0.5) is 0 Å². The van der Waals surface area contributed by atoms with Gasteiger partial charge in [-0.2, -0.15) is 0 Å². The molecule has 3 heteroatoms. The highest BCUT2D eigenvalue weighted by atomic mass is 16.5. The van der Waals surface area contributed by atoms with E-state index in [2.05, 4.69) is 0 Å². The second kappa shape index (κ2) is 5.23. The summed E-state index contributed by atoms with van der Waals surface area (Å²) in [6, 6.07) is -0.0425. The van der Waals surface area contributed by atoms with E-state index in [1.54, 1.807) is 6.92 Å². The van der Waals surface area contributed by atoms with Gasteiger partial charge in [-0.15, -0.1) is 0 Å². The van der Waals surface area contributed by atoms with Gasteiger partial charge < -0.3 is 10.5 Å². The van der Waals surface area contributed by atoms with E-state index < -0.39 is 0 Å². The van der Waals surface area contributed by atoms with Gasteiger partial charge in [-0.3, -0.25) is 4.79 Å². The van der Waals surface area contributed by atoms with E-state index in [1.165, 1.54) is 0 Å². The number of esters is 1. The van der Waals surface area contributed by atoms with Gasteiger partial charge in [-0.25, -0.2) is 0 Å². The van der Waals surface area contributed by atoms with Crippen LogP contribution in [-0.2, 0) is 9.53 Å². The second-order valence-corrected chi connectivity index (χ2v) is 2.18. The average molecular weight is 145 g/mol. The largest absolute Gasteiger partial charge is 0.466 e. The molecule has 0 fully saturated rings. The number of nitrogens with two attached hydrogens (primary N) is 1. The van der Waals surface area contributed by atoms with Gasteiger partial charge in [0, 0.05) is 6.04 Å². The molecule has 0 saturated heterocycles. The minimum Gasteiger partial charge on any atom is -0.466 e. The normalized spacial score (nSPS) is 12.7. The molecule has 0 radical (unpaired) electrons. The summed E-state index contributed by atoms with van der Waals surface area (Å²) in [4.78, 5) is 10.7. The first-order chi connectivity index (χ1) is 4.70. The molecule has 1 atom stereocenters. The number of hydrogen-bond acceptors (Lipinski definition) is 3. The van der Waals surface area contributed by atoms with Crippen LogP contribution >= 0.6 is 0 Å². The molecule has 0 spiro atoms. The summed E-state index contributed by atoms with van der Waals surface area (Å²) in [5, 5.41) is 0. The van der Waals surface area contributed by atoms with Gasteiger partial charge in [0.15, 0.2) is 0 Å². The zero-order valence-electron chi connectivity index (χ0n) is 6.59. The lowest BCUT2D eigenvalue weighted by Crippen LogP contribution is -2.23. The summed E-state index contributed by atoms with van der Waals surface area (Å²) in [5.41, 5.74) is 5.50. The number of ether oxygens (including phenoxy) is 1. The van der Waals surface area contributed by atoms with Crippen LogP contribution in [0.3, 0.4) is 0 Å². The van der Waals surface area contributed by atoms with Crippen LogP contribution in [0.1, 0.15) is 26.7 Å². The van der Waals surface area contributed by atoms with Crippen molar-refractivity contribution >= 4 is 5.97 Å². The third-order valence-electron chi connectivity index (χ3n) is 1.26. The molecule has 0 unspecified atom stereocenters. The molecule has 2 N–H and O–H groups in total. The summed E-state index contributed by atoms with van der Waals surface area (Å²) in [6.07, 6.45) is 1.16. The molecular weight excluding hydrogens is 130 g/mol. The van der Waals surface area contributed by atoms with Crippen molar-refractivity contribution < 1.29 is 9.53 Å². The maximum absolute atomic E-state index is 10.7. The maximum Gasteiger partial charge on any atom is 0.307 e. The van der Waals surface area contributed by atoms with Crippen molar-refractivity contribution in [2.45, 2.75) is 32.7 Å². The van der Waals surface area contributed by atoms with Crippen LogP contribution < -0.4 is 5.73 Å². The van der Waals surface area contributed by atoms with E-state index in [0.717, 1.165) is 6.42 Å². The molecule has 60 valence electrons. The van der Waals surface area contributed by atoms with E-state index in [0.29, 0.717) is 13.0 Å². The third-order valence-corrected chi connectivity index (χ3v) is 1.26. The summed E-state index contributed by atoms with van der Waals surface area (Å²) in [7, 11) is 0. The smallest absolute Gasteiger partial charge is 0.307 e. The van der Waals surface area contributed by atoms with Crippen LogP contribution in [0, 0.1) is 0 Å². The number of hydrogen-bond donors (Lipinski definition) is 1. The van der Waals surface area contributed by atoms with Crippen molar-refractivity contribution in [3.05, 3.63) is 0 Å². The molecule has 0 rings (SSSR count). The maximum atomic E-state index is 10.7. The summed E-state index contributed by atoms with van der Waals surface area (Å²) < 4.78 is 4.70. The Morgan fingerprint density at radius 1 is 1.60 bits per heavy atom. The fourth-order valence-electron chi connectivity index (χ4n) is 0.578. The topological polar surface area (TPSA) is 52.3 Å². The van der Waals surface area contributed by atoms with Crippen LogP contribution in [0.15, 0.2) is 0 Å². The van der Waals surface area contributed by atoms with Gasteiger partial charge in [-0.05, 0) is 13.3 Å². The minimum atomic E-state index is -0.197. The fraction of sp³-hybridized carbons (Fsp3) is 0.857. The van der Waals surface area contributed by atoms with Crippen molar-refractivity contribution in [1.82, 2.24) is 0 Å². The van der Waals surface area contributed by atoms with Crippen LogP contribution in [0.2, 0.25) is 0 Å². The molecule has 0 saturated carbocycles. The molecular formula is C7H15NO2. The lowest BCUT2D eigenvalue weighted by atomic mass is 10.2. The van der Waals surface area contributed by atoms with E-state index in [4.69, 9.17) is 10.5 Å². The Kier molecular flexibility index (Phi) is 4.94. The first-order valence-electron chi connectivity index (χ1n) is 3.61. The molecule has 0 aliphatic heterocycles. The van der Waals surface area contributed by atoms with Gasteiger partial charge in [0.1, 0.15) is 0 Å². The predicted octanol–water partition coefficient (Wildman–Crippen LogP) is 0.677. The van der Waals surface area contributed by atoms with E-state index in [-0.39, 0.29) is 12.0 Å². The Bertz CT molecular complexity index is 104. The fourth-order valence-corrected chi connectivity index (χ4v) is 0.578. The predicted molar refractivity (Wildman–Crippen MR) is 39.5 cm³/mol. The summed E-state index contributed by atoms with van der Waals surface area (Å²) in [5.74, 6) is -0.197. The lowest BCUT2D eigenvalue weighted by molar-refractivity contribution is -0.143. The zero-order chi connectivity index (χ0) is 7.98. The van der Waals surface area contributed by atoms with Crippen molar-refractivity contribution in [3.8, 4) is 0 Å². The molecule has 3 nitrogen and oxygen atoms in total. The first-order valence-corrected chi connectivity index (χ1v) is 3.61. The SMILES string of the molecule is CCOC(=O)C[C@@H](N)CC. The van der Waals surface area contributed by atoms with Gasteiger partial charge in [0.2, 0.25) is 0 Å². The lowest BCUT2D eigenvalue weighted by Gasteiger charge is -2.06. The number of rotatable bonds is 4. The first kappa shape index (κ1) is 9.43. The van der Waals surface area contributed by atoms with Crippen LogP contribution in [0.5, 0.6) is 0 Å². The van der Waals surface area contributed by atoms with E-state index in [9.17, 15) is 4.79 Å². The Morgan fingerprint density at radius 2 is 2.20 bits per heavy atom. The zero-order valence-corrected chi connectivity index (χ0v) is 6.59. The molecule has 0 heterocycles. The number of carbonyl (C=O) groups excluding carboxylic acids is 1. The van der Waals surface area contributed by atoms with Gasteiger partial charge >= 0.3 is 5.97 Å². The number of carbonyl (C=O) groups is 1. The van der Waals surface area contributed by atoms with Crippen molar-refractivity contribution in [1.29, 1.82) is 0 Å². The molecule has 0 amide bonds. The van der Waals surface area contributed by atoms with Gasteiger partial charge in [0.05, 0.1) is 13.0 Å². The highest BCUT2D eigenvalue weighted by Gasteiger charge is 2.06. The summed E-state index contributed by atoms with van der Waals surface area (Å²) >= 11 is 0. The molecule has 0 aromatic rings.